The van der Waals surface area contributed by atoms with Gasteiger partial charge in [0.15, 0.2) is 5.82 Å². The molecule has 1 amide bonds. The molecule has 0 saturated carbocycles. The molecule has 1 aromatic rings. The van der Waals surface area contributed by atoms with Gasteiger partial charge >= 0.3 is 0 Å². The number of rotatable bonds is 8. The normalized spacial score (nSPS) is 11.7. The van der Waals surface area contributed by atoms with Crippen LogP contribution >= 0.6 is 0 Å². The van der Waals surface area contributed by atoms with Gasteiger partial charge in [-0.1, -0.05) is 12.1 Å². The molecular weight excluding hydrogens is 258 g/mol. The highest BCUT2D eigenvalue weighted by molar-refractivity contribution is 5.76. The second-order valence-electron chi connectivity index (χ2n) is 5.57. The van der Waals surface area contributed by atoms with E-state index >= 15 is 0 Å². The number of hydrogen-bond donors (Lipinski definition) is 1. The summed E-state index contributed by atoms with van der Waals surface area (Å²) in [4.78, 5) is 18.0. The minimum absolute atomic E-state index is 0.00938. The van der Waals surface area contributed by atoms with Gasteiger partial charge in [0.25, 0.3) is 0 Å². The van der Waals surface area contributed by atoms with Crippen LogP contribution in [0.15, 0.2) is 4.52 Å². The first-order valence-corrected chi connectivity index (χ1v) is 7.17. The predicted octanol–water partition coefficient (Wildman–Crippen LogP) is 1.57. The molecule has 1 N–H and O–H groups in total. The maximum absolute atomic E-state index is 12.1. The van der Waals surface area contributed by atoms with Crippen LogP contribution in [0.2, 0.25) is 0 Å². The fourth-order valence-corrected chi connectivity index (χ4v) is 1.93. The molecule has 0 aromatic carbocycles. The number of aliphatic hydroxyl groups is 1. The van der Waals surface area contributed by atoms with Crippen molar-refractivity contribution in [2.45, 2.75) is 59.0 Å². The number of hydrogen-bond acceptors (Lipinski definition) is 5. The zero-order valence-corrected chi connectivity index (χ0v) is 12.8. The molecule has 1 rings (SSSR count). The molecule has 20 heavy (non-hydrogen) atoms. The molecule has 0 atom stereocenters. The third kappa shape index (κ3) is 5.69. The summed E-state index contributed by atoms with van der Waals surface area (Å²) in [5, 5.41) is 13.6. The van der Waals surface area contributed by atoms with Gasteiger partial charge in [-0.2, -0.15) is 4.98 Å². The molecule has 0 spiro atoms. The quantitative estimate of drug-likeness (QED) is 0.783. The average Bonchev–Trinajstić information content (AvgIpc) is 2.80. The second-order valence-corrected chi connectivity index (χ2v) is 5.57. The van der Waals surface area contributed by atoms with E-state index < -0.39 is 5.60 Å². The number of likely N-dealkylation sites (N-methyl/N-ethyl adjacent to an activating group) is 1. The molecule has 0 saturated heterocycles. The van der Waals surface area contributed by atoms with Gasteiger partial charge in [-0.15, -0.1) is 0 Å². The SMILES string of the molecule is CCCc1noc(CCC(=O)N(CC)CC(C)(C)O)n1. The van der Waals surface area contributed by atoms with Crippen LogP contribution in [0.1, 0.15) is 52.3 Å². The summed E-state index contributed by atoms with van der Waals surface area (Å²) in [6.07, 6.45) is 2.51. The first kappa shape index (κ1) is 16.6. The fourth-order valence-electron chi connectivity index (χ4n) is 1.93. The van der Waals surface area contributed by atoms with Crippen molar-refractivity contribution in [3.63, 3.8) is 0 Å². The minimum atomic E-state index is -0.884. The smallest absolute Gasteiger partial charge is 0.227 e. The average molecular weight is 283 g/mol. The van der Waals surface area contributed by atoms with E-state index in [0.29, 0.717) is 37.6 Å². The highest BCUT2D eigenvalue weighted by atomic mass is 16.5. The number of carbonyl (C=O) groups excluding carboxylic acids is 1. The molecule has 0 bridgehead atoms. The van der Waals surface area contributed by atoms with Crippen molar-refractivity contribution >= 4 is 5.91 Å². The van der Waals surface area contributed by atoms with Crippen LogP contribution in [0.5, 0.6) is 0 Å². The second kappa shape index (κ2) is 7.38. The molecule has 6 heteroatoms. The van der Waals surface area contributed by atoms with Gasteiger partial charge in [0.05, 0.1) is 5.60 Å². The van der Waals surface area contributed by atoms with Crippen molar-refractivity contribution in [1.82, 2.24) is 15.0 Å². The van der Waals surface area contributed by atoms with E-state index in [9.17, 15) is 9.90 Å². The van der Waals surface area contributed by atoms with E-state index in [1.54, 1.807) is 18.7 Å². The summed E-state index contributed by atoms with van der Waals surface area (Å²) in [5.74, 6) is 1.18. The Morgan fingerprint density at radius 3 is 2.60 bits per heavy atom. The number of aryl methyl sites for hydroxylation is 2. The first-order chi connectivity index (χ1) is 9.35. The maximum atomic E-state index is 12.1. The molecular formula is C14H25N3O3. The van der Waals surface area contributed by atoms with E-state index in [4.69, 9.17) is 4.52 Å². The van der Waals surface area contributed by atoms with Gasteiger partial charge in [-0.25, -0.2) is 0 Å². The van der Waals surface area contributed by atoms with Crippen LogP contribution in [-0.2, 0) is 17.6 Å². The van der Waals surface area contributed by atoms with Gasteiger partial charge < -0.3 is 14.5 Å². The largest absolute Gasteiger partial charge is 0.389 e. The van der Waals surface area contributed by atoms with Crippen LogP contribution in [0.3, 0.4) is 0 Å². The molecule has 114 valence electrons. The molecule has 0 unspecified atom stereocenters. The monoisotopic (exact) mass is 283 g/mol. The van der Waals surface area contributed by atoms with Crippen LogP contribution in [0.25, 0.3) is 0 Å². The van der Waals surface area contributed by atoms with Crippen LogP contribution in [-0.4, -0.2) is 44.7 Å². The van der Waals surface area contributed by atoms with Crippen molar-refractivity contribution in [2.75, 3.05) is 13.1 Å². The Hall–Kier alpha value is -1.43. The Morgan fingerprint density at radius 1 is 1.35 bits per heavy atom. The van der Waals surface area contributed by atoms with E-state index in [1.165, 1.54) is 0 Å². The molecule has 0 radical (unpaired) electrons. The summed E-state index contributed by atoms with van der Waals surface area (Å²) in [7, 11) is 0. The lowest BCUT2D eigenvalue weighted by atomic mass is 10.1. The van der Waals surface area contributed by atoms with Crippen molar-refractivity contribution < 1.29 is 14.4 Å². The van der Waals surface area contributed by atoms with Gasteiger partial charge in [0.2, 0.25) is 11.8 Å². The van der Waals surface area contributed by atoms with Crippen molar-refractivity contribution in [3.05, 3.63) is 11.7 Å². The first-order valence-electron chi connectivity index (χ1n) is 7.17. The summed E-state index contributed by atoms with van der Waals surface area (Å²) in [6, 6.07) is 0. The zero-order valence-electron chi connectivity index (χ0n) is 12.8. The summed E-state index contributed by atoms with van der Waals surface area (Å²) in [6.45, 7) is 8.24. The Bertz CT molecular complexity index is 424. The Morgan fingerprint density at radius 2 is 2.05 bits per heavy atom. The molecule has 0 aliphatic heterocycles. The Labute approximate surface area is 120 Å². The lowest BCUT2D eigenvalue weighted by Gasteiger charge is -2.28. The number of carbonyl (C=O) groups is 1. The van der Waals surface area contributed by atoms with Crippen LogP contribution in [0, 0.1) is 0 Å². The summed E-state index contributed by atoms with van der Waals surface area (Å²) in [5.41, 5.74) is -0.884. The Kier molecular flexibility index (Phi) is 6.13. The molecule has 1 heterocycles. The van der Waals surface area contributed by atoms with Gasteiger partial charge in [0.1, 0.15) is 0 Å². The van der Waals surface area contributed by atoms with Gasteiger partial charge in [0, 0.05) is 32.4 Å². The van der Waals surface area contributed by atoms with Gasteiger partial charge in [-0.3, -0.25) is 4.79 Å². The summed E-state index contributed by atoms with van der Waals surface area (Å²) < 4.78 is 5.10. The Balaban J connectivity index is 2.48. The minimum Gasteiger partial charge on any atom is -0.389 e. The highest BCUT2D eigenvalue weighted by Crippen LogP contribution is 2.09. The van der Waals surface area contributed by atoms with Crippen molar-refractivity contribution in [2.24, 2.45) is 0 Å². The topological polar surface area (TPSA) is 79.5 Å². The molecule has 0 aliphatic rings. The zero-order chi connectivity index (χ0) is 15.2. The number of nitrogens with zero attached hydrogens (tertiary/aromatic N) is 3. The third-order valence-electron chi connectivity index (χ3n) is 2.85. The molecule has 0 aliphatic carbocycles. The molecule has 0 fully saturated rings. The molecule has 6 nitrogen and oxygen atoms in total. The van der Waals surface area contributed by atoms with Crippen molar-refractivity contribution in [3.8, 4) is 0 Å². The van der Waals surface area contributed by atoms with E-state index in [-0.39, 0.29) is 5.91 Å². The highest BCUT2D eigenvalue weighted by Gasteiger charge is 2.21. The number of aromatic nitrogens is 2. The number of amides is 1. The van der Waals surface area contributed by atoms with Gasteiger partial charge in [-0.05, 0) is 27.2 Å². The standard InChI is InChI=1S/C14H25N3O3/c1-5-7-11-15-12(20-16-11)8-9-13(18)17(6-2)10-14(3,4)19/h19H,5-10H2,1-4H3. The lowest BCUT2D eigenvalue weighted by molar-refractivity contribution is -0.134. The predicted molar refractivity (Wildman–Crippen MR) is 75.2 cm³/mol. The van der Waals surface area contributed by atoms with Crippen LogP contribution in [0.4, 0.5) is 0 Å². The van der Waals surface area contributed by atoms with Crippen LogP contribution < -0.4 is 0 Å². The summed E-state index contributed by atoms with van der Waals surface area (Å²) >= 11 is 0. The third-order valence-corrected chi connectivity index (χ3v) is 2.85. The maximum Gasteiger partial charge on any atom is 0.227 e. The lowest BCUT2D eigenvalue weighted by Crippen LogP contribution is -2.42. The van der Waals surface area contributed by atoms with E-state index in [0.717, 1.165) is 12.8 Å². The van der Waals surface area contributed by atoms with E-state index in [1.807, 2.05) is 6.92 Å². The fraction of sp³-hybridized carbons (Fsp3) is 0.786. The van der Waals surface area contributed by atoms with E-state index in [2.05, 4.69) is 17.1 Å². The molecule has 1 aromatic heterocycles. The van der Waals surface area contributed by atoms with Crippen molar-refractivity contribution in [1.29, 1.82) is 0 Å².